The summed E-state index contributed by atoms with van der Waals surface area (Å²) in [6, 6.07) is 3.68. The van der Waals surface area contributed by atoms with E-state index in [1.807, 2.05) is 0 Å². The summed E-state index contributed by atoms with van der Waals surface area (Å²) in [6.45, 7) is 0. The van der Waals surface area contributed by atoms with E-state index in [0.29, 0.717) is 0 Å². The minimum atomic E-state index is -4.08. The number of benzene rings is 1. The third kappa shape index (κ3) is 1.23. The highest BCUT2D eigenvalue weighted by Crippen LogP contribution is 2.45. The molecule has 0 saturated carbocycles. The first-order valence-corrected chi connectivity index (χ1v) is 3.70. The van der Waals surface area contributed by atoms with Crippen molar-refractivity contribution in [2.24, 2.45) is 0 Å². The number of rotatable bonds is 0. The van der Waals surface area contributed by atoms with Crippen LogP contribution >= 0.6 is 0 Å². The molecule has 0 amide bonds. The van der Waals surface area contributed by atoms with E-state index in [9.17, 15) is 13.2 Å². The van der Waals surface area contributed by atoms with Crippen LogP contribution in [0.4, 0.5) is 13.2 Å². The van der Waals surface area contributed by atoms with E-state index in [2.05, 4.69) is 9.47 Å². The van der Waals surface area contributed by atoms with Gasteiger partial charge in [-0.1, -0.05) is 6.07 Å². The van der Waals surface area contributed by atoms with Gasteiger partial charge in [0.25, 0.3) is 0 Å². The zero-order valence-corrected chi connectivity index (χ0v) is 6.71. The molecule has 0 aliphatic carbocycles. The Morgan fingerprint density at radius 3 is 2.79 bits per heavy atom. The molecule has 2 rings (SSSR count). The number of hydrogen-bond acceptors (Lipinski definition) is 3. The zero-order chi connectivity index (χ0) is 10.3. The first-order valence-electron chi connectivity index (χ1n) is 3.70. The Hall–Kier alpha value is -1.59. The van der Waals surface area contributed by atoms with Crippen molar-refractivity contribution < 1.29 is 27.8 Å². The SMILES string of the molecule is Oc1cccc2c1OC(F)(F)C(F)O2. The molecule has 1 N–H and O–H groups in total. The van der Waals surface area contributed by atoms with Crippen LogP contribution in [0.1, 0.15) is 0 Å². The fraction of sp³-hybridized carbons (Fsp3) is 0.250. The van der Waals surface area contributed by atoms with Crippen LogP contribution in [0.2, 0.25) is 0 Å². The van der Waals surface area contributed by atoms with Crippen molar-refractivity contribution in [2.45, 2.75) is 12.5 Å². The standard InChI is InChI=1S/C8H5F3O3/c9-7-8(10,11)14-6-4(12)2-1-3-5(6)13-7/h1-3,7,12H. The summed E-state index contributed by atoms with van der Waals surface area (Å²) in [4.78, 5) is 0. The predicted octanol–water partition coefficient (Wildman–Crippen LogP) is 2.05. The van der Waals surface area contributed by atoms with Gasteiger partial charge in [-0.3, -0.25) is 0 Å². The molecule has 1 unspecified atom stereocenters. The van der Waals surface area contributed by atoms with Crippen LogP contribution in [-0.2, 0) is 0 Å². The second-order valence-corrected chi connectivity index (χ2v) is 2.70. The Bertz CT molecular complexity index is 367. The third-order valence-corrected chi connectivity index (χ3v) is 1.69. The van der Waals surface area contributed by atoms with Gasteiger partial charge in [-0.25, -0.2) is 0 Å². The van der Waals surface area contributed by atoms with Crippen LogP contribution in [0.3, 0.4) is 0 Å². The molecular formula is C8H5F3O3. The van der Waals surface area contributed by atoms with Gasteiger partial charge in [-0.2, -0.15) is 13.2 Å². The lowest BCUT2D eigenvalue weighted by molar-refractivity contribution is -0.282. The lowest BCUT2D eigenvalue weighted by Gasteiger charge is -2.28. The number of phenolic OH excluding ortho intramolecular Hbond substituents is 1. The molecule has 0 bridgehead atoms. The quantitative estimate of drug-likeness (QED) is 0.706. The topological polar surface area (TPSA) is 38.7 Å². The number of phenols is 1. The van der Waals surface area contributed by atoms with Gasteiger partial charge in [-0.15, -0.1) is 0 Å². The Morgan fingerprint density at radius 2 is 2.07 bits per heavy atom. The van der Waals surface area contributed by atoms with Gasteiger partial charge in [0, 0.05) is 0 Å². The van der Waals surface area contributed by atoms with Crippen molar-refractivity contribution in [1.29, 1.82) is 0 Å². The molecule has 0 aromatic heterocycles. The fourth-order valence-corrected chi connectivity index (χ4v) is 1.06. The highest BCUT2D eigenvalue weighted by atomic mass is 19.3. The van der Waals surface area contributed by atoms with Crippen molar-refractivity contribution in [3.63, 3.8) is 0 Å². The van der Waals surface area contributed by atoms with Crippen molar-refractivity contribution in [2.75, 3.05) is 0 Å². The van der Waals surface area contributed by atoms with Crippen molar-refractivity contribution in [3.05, 3.63) is 18.2 Å². The van der Waals surface area contributed by atoms with Crippen LogP contribution in [0.15, 0.2) is 18.2 Å². The fourth-order valence-electron chi connectivity index (χ4n) is 1.06. The number of halogens is 3. The summed E-state index contributed by atoms with van der Waals surface area (Å²) in [5.41, 5.74) is 0. The molecule has 1 aromatic carbocycles. The average Bonchev–Trinajstić information content (AvgIpc) is 2.09. The Labute approximate surface area is 76.7 Å². The molecule has 0 radical (unpaired) electrons. The summed E-state index contributed by atoms with van der Waals surface area (Å²) in [7, 11) is 0. The number of para-hydroxylation sites is 1. The lowest BCUT2D eigenvalue weighted by Crippen LogP contribution is -2.43. The average molecular weight is 206 g/mol. The minimum absolute atomic E-state index is 0.247. The van der Waals surface area contributed by atoms with Crippen LogP contribution in [0.25, 0.3) is 0 Å². The third-order valence-electron chi connectivity index (χ3n) is 1.69. The molecule has 1 heterocycles. The minimum Gasteiger partial charge on any atom is -0.504 e. The number of aromatic hydroxyl groups is 1. The van der Waals surface area contributed by atoms with Crippen LogP contribution in [0, 0.1) is 0 Å². The molecule has 0 fully saturated rings. The Balaban J connectivity index is 2.46. The van der Waals surface area contributed by atoms with E-state index in [4.69, 9.17) is 5.11 Å². The summed E-state index contributed by atoms with van der Waals surface area (Å²) >= 11 is 0. The molecule has 1 atom stereocenters. The van der Waals surface area contributed by atoms with Gasteiger partial charge in [-0.05, 0) is 12.1 Å². The highest BCUT2D eigenvalue weighted by Gasteiger charge is 2.50. The molecule has 0 saturated heterocycles. The second-order valence-electron chi connectivity index (χ2n) is 2.70. The maximum absolute atomic E-state index is 12.6. The van der Waals surface area contributed by atoms with Crippen LogP contribution < -0.4 is 9.47 Å². The van der Waals surface area contributed by atoms with Gasteiger partial charge in [0.05, 0.1) is 0 Å². The van der Waals surface area contributed by atoms with E-state index >= 15 is 0 Å². The maximum Gasteiger partial charge on any atom is 0.468 e. The molecular weight excluding hydrogens is 201 g/mol. The molecule has 1 aromatic rings. The van der Waals surface area contributed by atoms with Gasteiger partial charge < -0.3 is 14.6 Å². The first kappa shape index (κ1) is 8.98. The van der Waals surface area contributed by atoms with Crippen LogP contribution in [0.5, 0.6) is 17.2 Å². The van der Waals surface area contributed by atoms with Gasteiger partial charge >= 0.3 is 12.5 Å². The monoisotopic (exact) mass is 206 g/mol. The van der Waals surface area contributed by atoms with Crippen molar-refractivity contribution in [1.82, 2.24) is 0 Å². The van der Waals surface area contributed by atoms with E-state index in [0.717, 1.165) is 6.07 Å². The molecule has 1 aliphatic rings. The molecule has 76 valence electrons. The number of ether oxygens (including phenoxy) is 2. The summed E-state index contributed by atoms with van der Waals surface area (Å²) in [6.07, 6.45) is -6.94. The van der Waals surface area contributed by atoms with Gasteiger partial charge in [0.15, 0.2) is 11.5 Å². The largest absolute Gasteiger partial charge is 0.504 e. The molecule has 3 nitrogen and oxygen atoms in total. The first-order chi connectivity index (χ1) is 6.50. The van der Waals surface area contributed by atoms with E-state index < -0.39 is 24.0 Å². The summed E-state index contributed by atoms with van der Waals surface area (Å²) < 4.78 is 46.0. The van der Waals surface area contributed by atoms with E-state index in [1.54, 1.807) is 0 Å². The lowest BCUT2D eigenvalue weighted by atomic mass is 10.3. The predicted molar refractivity (Wildman–Crippen MR) is 39.2 cm³/mol. The number of fused-ring (bicyclic) bond motifs is 1. The Kier molecular flexibility index (Phi) is 1.73. The van der Waals surface area contributed by atoms with Gasteiger partial charge in [0.1, 0.15) is 0 Å². The zero-order valence-electron chi connectivity index (χ0n) is 6.71. The van der Waals surface area contributed by atoms with E-state index in [1.165, 1.54) is 12.1 Å². The molecule has 1 aliphatic heterocycles. The normalized spacial score (nSPS) is 23.2. The summed E-state index contributed by atoms with van der Waals surface area (Å²) in [5.74, 6) is -1.32. The Morgan fingerprint density at radius 1 is 1.36 bits per heavy atom. The van der Waals surface area contributed by atoms with Gasteiger partial charge in [0.2, 0.25) is 5.75 Å². The van der Waals surface area contributed by atoms with Crippen LogP contribution in [-0.4, -0.2) is 17.6 Å². The molecule has 0 spiro atoms. The van der Waals surface area contributed by atoms with Crippen molar-refractivity contribution >= 4 is 0 Å². The summed E-state index contributed by atoms with van der Waals surface area (Å²) in [5, 5.41) is 9.11. The second kappa shape index (κ2) is 2.70. The highest BCUT2D eigenvalue weighted by molar-refractivity contribution is 5.51. The molecule has 6 heteroatoms. The van der Waals surface area contributed by atoms with Crippen molar-refractivity contribution in [3.8, 4) is 17.2 Å². The number of hydrogen-bond donors (Lipinski definition) is 1. The van der Waals surface area contributed by atoms with E-state index in [-0.39, 0.29) is 5.75 Å². The number of alkyl halides is 3. The smallest absolute Gasteiger partial charge is 0.468 e. The molecule has 14 heavy (non-hydrogen) atoms. The maximum atomic E-state index is 12.6.